The van der Waals surface area contributed by atoms with Crippen molar-refractivity contribution >= 4 is 5.71 Å². The van der Waals surface area contributed by atoms with E-state index < -0.39 is 0 Å². The third-order valence-electron chi connectivity index (χ3n) is 1.16. The highest BCUT2D eigenvalue weighted by Crippen LogP contribution is 1.98. The van der Waals surface area contributed by atoms with E-state index in [1.165, 1.54) is 0 Å². The van der Waals surface area contributed by atoms with Crippen molar-refractivity contribution in [3.05, 3.63) is 0 Å². The van der Waals surface area contributed by atoms with Crippen LogP contribution in [0.4, 0.5) is 0 Å². The van der Waals surface area contributed by atoms with Gasteiger partial charge in [0.25, 0.3) is 0 Å². The highest BCUT2D eigenvalue weighted by atomic mass is 16.6. The molecule has 0 bridgehead atoms. The molecular weight excluding hydrogens is 150 g/mol. The van der Waals surface area contributed by atoms with E-state index in [0.29, 0.717) is 5.92 Å². The van der Waals surface area contributed by atoms with Gasteiger partial charge in [-0.3, -0.25) is 0 Å². The first-order valence-corrected chi connectivity index (χ1v) is 4.24. The Bertz CT molecular complexity index is 206. The molecular formula is C10H17NO. The van der Waals surface area contributed by atoms with Gasteiger partial charge >= 0.3 is 0 Å². The first-order valence-electron chi connectivity index (χ1n) is 4.24. The van der Waals surface area contributed by atoms with Gasteiger partial charge in [0.05, 0.1) is 0 Å². The van der Waals surface area contributed by atoms with Crippen LogP contribution in [0.1, 0.15) is 34.6 Å². The van der Waals surface area contributed by atoms with Crippen LogP contribution in [0.2, 0.25) is 0 Å². The maximum atomic E-state index is 5.10. The zero-order valence-corrected chi connectivity index (χ0v) is 8.51. The molecule has 0 aromatic heterocycles. The van der Waals surface area contributed by atoms with Crippen LogP contribution in [0.3, 0.4) is 0 Å². The zero-order chi connectivity index (χ0) is 9.56. The van der Waals surface area contributed by atoms with Gasteiger partial charge < -0.3 is 4.84 Å². The van der Waals surface area contributed by atoms with Crippen LogP contribution in [0.15, 0.2) is 5.16 Å². The smallest absolute Gasteiger partial charge is 0.132 e. The zero-order valence-electron chi connectivity index (χ0n) is 8.51. The van der Waals surface area contributed by atoms with E-state index in [9.17, 15) is 0 Å². The fourth-order valence-corrected chi connectivity index (χ4v) is 0.563. The van der Waals surface area contributed by atoms with Crippen LogP contribution < -0.4 is 0 Å². The molecule has 0 N–H and O–H groups in total. The summed E-state index contributed by atoms with van der Waals surface area (Å²) in [7, 11) is 0. The molecule has 0 saturated carbocycles. The summed E-state index contributed by atoms with van der Waals surface area (Å²) >= 11 is 0. The second-order valence-electron chi connectivity index (χ2n) is 3.16. The summed E-state index contributed by atoms with van der Waals surface area (Å²) in [4.78, 5) is 5.10. The number of nitrogens with zero attached hydrogens (tertiary/aromatic N) is 1. The van der Waals surface area contributed by atoms with Gasteiger partial charge in [0, 0.05) is 5.92 Å². The minimum absolute atomic E-state index is 0.123. The summed E-state index contributed by atoms with van der Waals surface area (Å²) in [6.07, 6.45) is 0.123. The Morgan fingerprint density at radius 2 is 1.83 bits per heavy atom. The minimum atomic E-state index is 0.123. The average molecular weight is 167 g/mol. The largest absolute Gasteiger partial charge is 0.392 e. The lowest BCUT2D eigenvalue weighted by Crippen LogP contribution is -2.07. The Morgan fingerprint density at radius 1 is 1.25 bits per heavy atom. The summed E-state index contributed by atoms with van der Waals surface area (Å²) in [5.74, 6) is 6.05. The molecule has 0 heterocycles. The molecule has 0 atom stereocenters. The monoisotopic (exact) mass is 167 g/mol. The third-order valence-corrected chi connectivity index (χ3v) is 1.16. The van der Waals surface area contributed by atoms with Gasteiger partial charge in [0.2, 0.25) is 0 Å². The molecule has 2 heteroatoms. The van der Waals surface area contributed by atoms with Crippen LogP contribution in [-0.2, 0) is 4.84 Å². The highest BCUT2D eigenvalue weighted by molar-refractivity contribution is 6.01. The Balaban J connectivity index is 4.26. The third kappa shape index (κ3) is 4.79. The fraction of sp³-hybridized carbons (Fsp3) is 0.700. The standard InChI is InChI=1S/C10H17NO/c1-6-7-10(8(2)3)11-12-9(4)5/h8-9H,1-5H3/b11-10+. The molecule has 0 aromatic carbocycles. The highest BCUT2D eigenvalue weighted by Gasteiger charge is 2.02. The molecule has 0 aliphatic heterocycles. The van der Waals surface area contributed by atoms with Crippen molar-refractivity contribution in [2.24, 2.45) is 11.1 Å². The molecule has 0 rings (SSSR count). The van der Waals surface area contributed by atoms with Crippen molar-refractivity contribution < 1.29 is 4.84 Å². The molecule has 0 aliphatic carbocycles. The lowest BCUT2D eigenvalue weighted by molar-refractivity contribution is 0.0853. The first-order chi connectivity index (χ1) is 5.57. The second-order valence-corrected chi connectivity index (χ2v) is 3.16. The number of hydrogen-bond acceptors (Lipinski definition) is 2. The van der Waals surface area contributed by atoms with E-state index in [-0.39, 0.29) is 6.10 Å². The van der Waals surface area contributed by atoms with Gasteiger partial charge in [-0.1, -0.05) is 24.9 Å². The topological polar surface area (TPSA) is 21.6 Å². The van der Waals surface area contributed by atoms with Gasteiger partial charge in [-0.15, -0.1) is 0 Å². The summed E-state index contributed by atoms with van der Waals surface area (Å²) in [6.45, 7) is 9.79. The normalized spacial score (nSPS) is 11.4. The molecule has 0 fully saturated rings. The van der Waals surface area contributed by atoms with Crippen molar-refractivity contribution in [2.75, 3.05) is 0 Å². The van der Waals surface area contributed by atoms with Gasteiger partial charge in [-0.05, 0) is 26.7 Å². The Kier molecular flexibility index (Phi) is 5.19. The van der Waals surface area contributed by atoms with E-state index in [2.05, 4.69) is 17.0 Å². The van der Waals surface area contributed by atoms with Gasteiger partial charge in [-0.25, -0.2) is 0 Å². The summed E-state index contributed by atoms with van der Waals surface area (Å²) in [5, 5.41) is 3.96. The maximum absolute atomic E-state index is 5.10. The van der Waals surface area contributed by atoms with Crippen molar-refractivity contribution in [2.45, 2.75) is 40.7 Å². The van der Waals surface area contributed by atoms with E-state index in [1.807, 2.05) is 27.7 Å². The molecule has 0 unspecified atom stereocenters. The SMILES string of the molecule is CC#C/C(=N\OC(C)C)C(C)C. The van der Waals surface area contributed by atoms with Crippen LogP contribution >= 0.6 is 0 Å². The number of hydrogen-bond donors (Lipinski definition) is 0. The molecule has 0 aliphatic rings. The minimum Gasteiger partial charge on any atom is -0.392 e. The molecule has 0 aromatic rings. The molecule has 0 saturated heterocycles. The predicted molar refractivity (Wildman–Crippen MR) is 51.9 cm³/mol. The maximum Gasteiger partial charge on any atom is 0.132 e. The first kappa shape index (κ1) is 11.0. The predicted octanol–water partition coefficient (Wildman–Crippen LogP) is 2.45. The Hall–Kier alpha value is -0.970. The molecule has 0 radical (unpaired) electrons. The second kappa shape index (κ2) is 5.65. The summed E-state index contributed by atoms with van der Waals surface area (Å²) in [5.41, 5.74) is 0.811. The van der Waals surface area contributed by atoms with Crippen molar-refractivity contribution in [3.8, 4) is 11.8 Å². The average Bonchev–Trinajstić information content (AvgIpc) is 1.96. The summed E-state index contributed by atoms with van der Waals surface area (Å²) in [6, 6.07) is 0. The van der Waals surface area contributed by atoms with Crippen molar-refractivity contribution in [3.63, 3.8) is 0 Å². The number of oxime groups is 1. The Labute approximate surface area is 75.0 Å². The molecule has 0 spiro atoms. The van der Waals surface area contributed by atoms with E-state index >= 15 is 0 Å². The van der Waals surface area contributed by atoms with Gasteiger partial charge in [-0.2, -0.15) is 0 Å². The van der Waals surface area contributed by atoms with Gasteiger partial charge in [0.1, 0.15) is 11.8 Å². The van der Waals surface area contributed by atoms with E-state index in [0.717, 1.165) is 5.71 Å². The Morgan fingerprint density at radius 3 is 2.17 bits per heavy atom. The molecule has 12 heavy (non-hydrogen) atoms. The molecule has 2 nitrogen and oxygen atoms in total. The van der Waals surface area contributed by atoms with Crippen LogP contribution in [0, 0.1) is 17.8 Å². The van der Waals surface area contributed by atoms with Crippen molar-refractivity contribution in [1.29, 1.82) is 0 Å². The quantitative estimate of drug-likeness (QED) is 0.359. The van der Waals surface area contributed by atoms with Crippen molar-refractivity contribution in [1.82, 2.24) is 0 Å². The van der Waals surface area contributed by atoms with Crippen LogP contribution in [-0.4, -0.2) is 11.8 Å². The molecule has 0 amide bonds. The summed E-state index contributed by atoms with van der Waals surface area (Å²) < 4.78 is 0. The number of rotatable bonds is 3. The van der Waals surface area contributed by atoms with E-state index in [4.69, 9.17) is 4.84 Å². The van der Waals surface area contributed by atoms with Crippen LogP contribution in [0.5, 0.6) is 0 Å². The lowest BCUT2D eigenvalue weighted by atomic mass is 10.1. The lowest BCUT2D eigenvalue weighted by Gasteiger charge is -2.05. The molecule has 68 valence electrons. The van der Waals surface area contributed by atoms with E-state index in [1.54, 1.807) is 6.92 Å². The van der Waals surface area contributed by atoms with Gasteiger partial charge in [0.15, 0.2) is 0 Å². The fourth-order valence-electron chi connectivity index (χ4n) is 0.563. The van der Waals surface area contributed by atoms with Crippen LogP contribution in [0.25, 0.3) is 0 Å².